The smallest absolute Gasteiger partial charge is 0.432 e. The minimum Gasteiger partial charge on any atom is -0.432 e. The van der Waals surface area contributed by atoms with E-state index in [0.717, 1.165) is 16.4 Å². The summed E-state index contributed by atoms with van der Waals surface area (Å²) in [6, 6.07) is 7.75. The molecule has 1 aromatic carbocycles. The summed E-state index contributed by atoms with van der Waals surface area (Å²) >= 11 is 0. The number of imidazole rings is 1. The van der Waals surface area contributed by atoms with Crippen LogP contribution in [0.25, 0.3) is 21.9 Å². The summed E-state index contributed by atoms with van der Waals surface area (Å²) in [6.07, 6.45) is -0.956. The maximum Gasteiger partial charge on any atom is 0.509 e. The third kappa shape index (κ3) is 4.59. The van der Waals surface area contributed by atoms with Gasteiger partial charge in [-0.1, -0.05) is 18.2 Å². The Morgan fingerprint density at radius 3 is 2.66 bits per heavy atom. The molecule has 0 amide bonds. The lowest BCUT2D eigenvalue weighted by Crippen LogP contribution is -2.34. The van der Waals surface area contributed by atoms with Gasteiger partial charge in [-0.05, 0) is 40.7 Å². The maximum absolute atomic E-state index is 12.1. The van der Waals surface area contributed by atoms with E-state index in [9.17, 15) is 4.79 Å². The molecule has 8 nitrogen and oxygen atoms in total. The first kappa shape index (κ1) is 20.9. The molecule has 0 saturated carbocycles. The van der Waals surface area contributed by atoms with E-state index in [1.165, 1.54) is 0 Å². The molecule has 0 bridgehead atoms. The van der Waals surface area contributed by atoms with E-state index in [0.29, 0.717) is 36.9 Å². The molecule has 3 rings (SSSR count). The molecule has 0 unspecified atom stereocenters. The van der Waals surface area contributed by atoms with Crippen LogP contribution in [0.1, 0.15) is 40.4 Å². The predicted molar refractivity (Wildman–Crippen MR) is 112 cm³/mol. The van der Waals surface area contributed by atoms with E-state index in [4.69, 9.17) is 24.9 Å². The van der Waals surface area contributed by atoms with E-state index in [1.807, 2.05) is 49.6 Å². The van der Waals surface area contributed by atoms with E-state index in [-0.39, 0.29) is 6.10 Å². The van der Waals surface area contributed by atoms with Crippen LogP contribution in [-0.2, 0) is 27.4 Å². The summed E-state index contributed by atoms with van der Waals surface area (Å²) < 4.78 is 18.3. The van der Waals surface area contributed by atoms with Crippen LogP contribution in [0.15, 0.2) is 24.3 Å². The van der Waals surface area contributed by atoms with Gasteiger partial charge in [0.05, 0.1) is 23.7 Å². The van der Waals surface area contributed by atoms with Crippen molar-refractivity contribution in [2.45, 2.75) is 59.5 Å². The number of nitrogens with zero attached hydrogens (tertiary/aromatic N) is 3. The van der Waals surface area contributed by atoms with Crippen LogP contribution in [0.2, 0.25) is 0 Å². The first-order chi connectivity index (χ1) is 13.7. The molecule has 3 aromatic rings. The highest BCUT2D eigenvalue weighted by Crippen LogP contribution is 2.30. The Morgan fingerprint density at radius 1 is 1.24 bits per heavy atom. The largest absolute Gasteiger partial charge is 0.509 e. The second kappa shape index (κ2) is 8.24. The fourth-order valence-electron chi connectivity index (χ4n) is 3.23. The SMILES string of the molecule is CCOCc1nc2c(N)nc3ccccc3c2n1CC(C)(C)OC(=O)OC(C)C. The van der Waals surface area contributed by atoms with Gasteiger partial charge in [0.1, 0.15) is 23.5 Å². The number of fused-ring (bicyclic) bond motifs is 3. The molecule has 0 atom stereocenters. The monoisotopic (exact) mass is 400 g/mol. The van der Waals surface area contributed by atoms with Crippen LogP contribution in [0, 0.1) is 0 Å². The predicted octanol–water partition coefficient (Wildman–Crippen LogP) is 4.04. The number of nitrogens with two attached hydrogens (primary N) is 1. The summed E-state index contributed by atoms with van der Waals surface area (Å²) in [5, 5.41) is 0.924. The average molecular weight is 400 g/mol. The van der Waals surface area contributed by atoms with Crippen molar-refractivity contribution < 1.29 is 19.0 Å². The van der Waals surface area contributed by atoms with Gasteiger partial charge in [0.15, 0.2) is 5.82 Å². The molecule has 0 radical (unpaired) electrons. The second-order valence-corrected chi connectivity index (χ2v) is 7.74. The first-order valence-corrected chi connectivity index (χ1v) is 9.72. The Labute approximate surface area is 170 Å². The number of nitrogen functional groups attached to an aromatic ring is 1. The molecule has 0 saturated heterocycles. The molecule has 2 aromatic heterocycles. The zero-order valence-corrected chi connectivity index (χ0v) is 17.6. The summed E-state index contributed by atoms with van der Waals surface area (Å²) in [6.45, 7) is 10.4. The summed E-state index contributed by atoms with van der Waals surface area (Å²) in [5.41, 5.74) is 7.58. The number of ether oxygens (including phenoxy) is 3. The lowest BCUT2D eigenvalue weighted by molar-refractivity contribution is -0.0355. The normalized spacial score (nSPS) is 12.1. The van der Waals surface area contributed by atoms with E-state index >= 15 is 0 Å². The maximum atomic E-state index is 12.1. The Hall–Kier alpha value is -2.87. The van der Waals surface area contributed by atoms with Crippen molar-refractivity contribution >= 4 is 33.9 Å². The van der Waals surface area contributed by atoms with Crippen molar-refractivity contribution in [1.29, 1.82) is 0 Å². The summed E-state index contributed by atoms with van der Waals surface area (Å²) in [4.78, 5) is 21.2. The van der Waals surface area contributed by atoms with Crippen molar-refractivity contribution in [2.75, 3.05) is 12.3 Å². The third-order valence-corrected chi connectivity index (χ3v) is 4.36. The van der Waals surface area contributed by atoms with Crippen molar-refractivity contribution in [3.63, 3.8) is 0 Å². The topological polar surface area (TPSA) is 101 Å². The van der Waals surface area contributed by atoms with E-state index in [2.05, 4.69) is 4.98 Å². The Kier molecular flexibility index (Phi) is 5.93. The number of carbonyl (C=O) groups excluding carboxylic acids is 1. The van der Waals surface area contributed by atoms with Crippen LogP contribution < -0.4 is 5.73 Å². The number of para-hydroxylation sites is 1. The molecular weight excluding hydrogens is 372 g/mol. The molecule has 0 aliphatic heterocycles. The minimum atomic E-state index is -0.848. The quantitative estimate of drug-likeness (QED) is 0.597. The highest BCUT2D eigenvalue weighted by Gasteiger charge is 2.28. The van der Waals surface area contributed by atoms with Gasteiger partial charge in [-0.25, -0.2) is 14.8 Å². The second-order valence-electron chi connectivity index (χ2n) is 7.74. The molecular formula is C21H28N4O4. The van der Waals surface area contributed by atoms with Gasteiger partial charge in [-0.2, -0.15) is 0 Å². The van der Waals surface area contributed by atoms with Crippen molar-refractivity contribution in [1.82, 2.24) is 14.5 Å². The highest BCUT2D eigenvalue weighted by atomic mass is 16.7. The molecule has 8 heteroatoms. The minimum absolute atomic E-state index is 0.254. The Bertz CT molecular complexity index is 1030. The highest BCUT2D eigenvalue weighted by molar-refractivity contribution is 6.06. The average Bonchev–Trinajstić information content (AvgIpc) is 2.97. The molecule has 29 heavy (non-hydrogen) atoms. The van der Waals surface area contributed by atoms with Gasteiger partial charge in [-0.15, -0.1) is 0 Å². The number of benzene rings is 1. The molecule has 2 N–H and O–H groups in total. The fraction of sp³-hybridized carbons (Fsp3) is 0.476. The van der Waals surface area contributed by atoms with Crippen LogP contribution in [-0.4, -0.2) is 39.0 Å². The molecule has 0 aliphatic rings. The molecule has 0 fully saturated rings. The first-order valence-electron chi connectivity index (χ1n) is 9.72. The van der Waals surface area contributed by atoms with E-state index in [1.54, 1.807) is 13.8 Å². The zero-order valence-electron chi connectivity index (χ0n) is 17.6. The lowest BCUT2D eigenvalue weighted by Gasteiger charge is -2.27. The van der Waals surface area contributed by atoms with Crippen LogP contribution >= 0.6 is 0 Å². The molecule has 2 heterocycles. The zero-order chi connectivity index (χ0) is 21.2. The van der Waals surface area contributed by atoms with Crippen LogP contribution in [0.4, 0.5) is 10.6 Å². The third-order valence-electron chi connectivity index (χ3n) is 4.36. The number of pyridine rings is 1. The van der Waals surface area contributed by atoms with Gasteiger partial charge in [0, 0.05) is 12.0 Å². The lowest BCUT2D eigenvalue weighted by atomic mass is 10.1. The van der Waals surface area contributed by atoms with Crippen molar-refractivity contribution in [2.24, 2.45) is 0 Å². The van der Waals surface area contributed by atoms with Gasteiger partial charge in [0.25, 0.3) is 0 Å². The number of carbonyl (C=O) groups is 1. The van der Waals surface area contributed by atoms with Gasteiger partial charge >= 0.3 is 6.16 Å². The number of anilines is 1. The standard InChI is InChI=1S/C21H28N4O4/c1-6-27-11-16-24-17-18(14-9-7-8-10-15(14)23-19(17)22)25(16)12-21(4,5)29-20(26)28-13(2)3/h7-10,13H,6,11-12H2,1-5H3,(H2,22,23). The summed E-state index contributed by atoms with van der Waals surface area (Å²) in [7, 11) is 0. The molecule has 0 aliphatic carbocycles. The summed E-state index contributed by atoms with van der Waals surface area (Å²) in [5.74, 6) is 1.05. The Morgan fingerprint density at radius 2 is 1.97 bits per heavy atom. The van der Waals surface area contributed by atoms with E-state index < -0.39 is 11.8 Å². The Balaban J connectivity index is 2.09. The van der Waals surface area contributed by atoms with Gasteiger partial charge in [-0.3, -0.25) is 0 Å². The number of aromatic nitrogens is 3. The van der Waals surface area contributed by atoms with Gasteiger partial charge < -0.3 is 24.5 Å². The van der Waals surface area contributed by atoms with Crippen molar-refractivity contribution in [3.8, 4) is 0 Å². The molecule has 156 valence electrons. The fourth-order valence-corrected chi connectivity index (χ4v) is 3.23. The van der Waals surface area contributed by atoms with Gasteiger partial charge in [0.2, 0.25) is 0 Å². The number of hydrogen-bond acceptors (Lipinski definition) is 7. The number of hydrogen-bond donors (Lipinski definition) is 1. The van der Waals surface area contributed by atoms with Crippen LogP contribution in [0.5, 0.6) is 0 Å². The van der Waals surface area contributed by atoms with Crippen LogP contribution in [0.3, 0.4) is 0 Å². The number of rotatable bonds is 7. The molecule has 0 spiro atoms. The van der Waals surface area contributed by atoms with Crippen molar-refractivity contribution in [3.05, 3.63) is 30.1 Å².